The molecule has 2 aromatic carbocycles. The van der Waals surface area contributed by atoms with Crippen LogP contribution in [0.2, 0.25) is 0 Å². The molecule has 0 aliphatic rings. The molecule has 0 saturated carbocycles. The molecule has 0 fully saturated rings. The second kappa shape index (κ2) is 9.00. The zero-order valence-electron chi connectivity index (χ0n) is 15.9. The lowest BCUT2D eigenvalue weighted by molar-refractivity contribution is -0.384. The van der Waals surface area contributed by atoms with E-state index in [1.54, 1.807) is 17.0 Å². The van der Waals surface area contributed by atoms with Crippen molar-refractivity contribution in [3.8, 4) is 5.75 Å². The van der Waals surface area contributed by atoms with Crippen LogP contribution in [0.15, 0.2) is 58.9 Å². The maximum Gasteiger partial charge on any atom is 0.573 e. The highest BCUT2D eigenvalue weighted by molar-refractivity contribution is 7.07. The summed E-state index contributed by atoms with van der Waals surface area (Å²) in [4.78, 5) is 27.3. The number of halogens is 3. The summed E-state index contributed by atoms with van der Waals surface area (Å²) in [5.74, 6) is -0.659. The minimum atomic E-state index is -4.76. The number of nitro groups is 1. The summed E-state index contributed by atoms with van der Waals surface area (Å²) in [6.45, 7) is 0. The molecular formula is C19H15F3N4O4S. The number of aromatic nitrogens is 1. The van der Waals surface area contributed by atoms with Gasteiger partial charge in [-0.25, -0.2) is 4.99 Å². The van der Waals surface area contributed by atoms with Gasteiger partial charge in [0.2, 0.25) is 5.91 Å². The molecule has 0 spiro atoms. The third-order valence-corrected chi connectivity index (χ3v) is 4.98. The first-order valence-electron chi connectivity index (χ1n) is 8.69. The van der Waals surface area contributed by atoms with Crippen LogP contribution in [0.25, 0.3) is 0 Å². The predicted molar refractivity (Wildman–Crippen MR) is 107 cm³/mol. The van der Waals surface area contributed by atoms with Crippen molar-refractivity contribution in [1.29, 1.82) is 0 Å². The number of non-ortho nitro benzene ring substituents is 1. The van der Waals surface area contributed by atoms with Crippen LogP contribution >= 0.6 is 11.3 Å². The molecule has 1 aromatic heterocycles. The van der Waals surface area contributed by atoms with Crippen molar-refractivity contribution in [3.63, 3.8) is 0 Å². The van der Waals surface area contributed by atoms with Gasteiger partial charge in [0.1, 0.15) is 5.75 Å². The number of rotatable bonds is 6. The van der Waals surface area contributed by atoms with E-state index < -0.39 is 11.3 Å². The van der Waals surface area contributed by atoms with Crippen LogP contribution in [0.5, 0.6) is 5.75 Å². The van der Waals surface area contributed by atoms with Gasteiger partial charge < -0.3 is 14.6 Å². The van der Waals surface area contributed by atoms with Crippen molar-refractivity contribution in [2.45, 2.75) is 12.8 Å². The van der Waals surface area contributed by atoms with Crippen LogP contribution in [0.4, 0.5) is 30.2 Å². The fourth-order valence-corrected chi connectivity index (χ4v) is 3.45. The molecule has 31 heavy (non-hydrogen) atoms. The number of nitro benzene ring substituents is 1. The Kier molecular flexibility index (Phi) is 6.39. The van der Waals surface area contributed by atoms with Gasteiger partial charge >= 0.3 is 6.36 Å². The molecule has 0 radical (unpaired) electrons. The third-order valence-electron chi connectivity index (χ3n) is 4.02. The number of nitrogens with one attached hydrogen (secondary N) is 1. The fourth-order valence-electron chi connectivity index (χ4n) is 2.53. The number of benzene rings is 2. The largest absolute Gasteiger partial charge is 0.573 e. The molecule has 162 valence electrons. The summed E-state index contributed by atoms with van der Waals surface area (Å²) >= 11 is 1.27. The van der Waals surface area contributed by atoms with Crippen LogP contribution in [-0.2, 0) is 18.3 Å². The number of carbonyl (C=O) groups excluding carboxylic acids is 1. The summed E-state index contributed by atoms with van der Waals surface area (Å²) < 4.78 is 42.2. The van der Waals surface area contributed by atoms with Gasteiger partial charge in [-0.3, -0.25) is 14.9 Å². The number of carbonyl (C=O) groups is 1. The van der Waals surface area contributed by atoms with E-state index in [0.717, 1.165) is 0 Å². The maximum absolute atomic E-state index is 12.3. The van der Waals surface area contributed by atoms with E-state index in [4.69, 9.17) is 0 Å². The predicted octanol–water partition coefficient (Wildman–Crippen LogP) is 4.31. The molecule has 0 saturated heterocycles. The van der Waals surface area contributed by atoms with Gasteiger partial charge in [-0.1, -0.05) is 0 Å². The van der Waals surface area contributed by atoms with Gasteiger partial charge in [0, 0.05) is 35.9 Å². The van der Waals surface area contributed by atoms with Gasteiger partial charge in [-0.05, 0) is 36.4 Å². The maximum atomic E-state index is 12.3. The molecule has 0 unspecified atom stereocenters. The molecule has 0 aliphatic heterocycles. The Morgan fingerprint density at radius 3 is 2.42 bits per heavy atom. The second-order valence-electron chi connectivity index (χ2n) is 6.25. The van der Waals surface area contributed by atoms with Crippen LogP contribution in [0, 0.1) is 10.1 Å². The number of thiazole rings is 1. The van der Waals surface area contributed by atoms with Crippen molar-refractivity contribution in [1.82, 2.24) is 4.57 Å². The van der Waals surface area contributed by atoms with E-state index in [2.05, 4.69) is 15.0 Å². The number of ether oxygens (including phenoxy) is 1. The van der Waals surface area contributed by atoms with E-state index in [9.17, 15) is 28.1 Å². The highest BCUT2D eigenvalue weighted by Gasteiger charge is 2.30. The lowest BCUT2D eigenvalue weighted by Crippen LogP contribution is -2.19. The Hall–Kier alpha value is -3.67. The molecule has 0 bridgehead atoms. The monoisotopic (exact) mass is 452 g/mol. The van der Waals surface area contributed by atoms with Gasteiger partial charge in [-0.2, -0.15) is 0 Å². The molecule has 0 aliphatic carbocycles. The average Bonchev–Trinajstić information content (AvgIpc) is 3.02. The number of anilines is 1. The summed E-state index contributed by atoms with van der Waals surface area (Å²) in [5.41, 5.74) is 1.44. The van der Waals surface area contributed by atoms with E-state index in [-0.39, 0.29) is 23.8 Å². The summed E-state index contributed by atoms with van der Waals surface area (Å²) in [6.07, 6.45) is -4.72. The smallest absolute Gasteiger partial charge is 0.406 e. The Morgan fingerprint density at radius 1 is 1.19 bits per heavy atom. The summed E-state index contributed by atoms with van der Waals surface area (Å²) in [6, 6.07) is 10.6. The zero-order valence-corrected chi connectivity index (χ0v) is 16.7. The molecular weight excluding hydrogens is 437 g/mol. The SMILES string of the molecule is Cn1c(CC(=O)Nc2ccc([N+](=O)[O-])cc2)csc1=Nc1ccc(OC(F)(F)F)cc1. The first kappa shape index (κ1) is 22.0. The molecule has 3 rings (SSSR count). The van der Waals surface area contributed by atoms with Gasteiger partial charge in [0.15, 0.2) is 4.80 Å². The fraction of sp³-hybridized carbons (Fsp3) is 0.158. The first-order chi connectivity index (χ1) is 14.6. The van der Waals surface area contributed by atoms with Crippen LogP contribution < -0.4 is 14.9 Å². The van der Waals surface area contributed by atoms with Crippen molar-refractivity contribution < 1.29 is 27.6 Å². The molecule has 3 aromatic rings. The lowest BCUT2D eigenvalue weighted by atomic mass is 10.2. The molecule has 8 nitrogen and oxygen atoms in total. The van der Waals surface area contributed by atoms with Crippen LogP contribution in [0.3, 0.4) is 0 Å². The Balaban J connectivity index is 1.68. The topological polar surface area (TPSA) is 98.8 Å². The summed E-state index contributed by atoms with van der Waals surface area (Å²) in [7, 11) is 1.71. The normalized spacial score (nSPS) is 11.9. The molecule has 1 amide bonds. The highest BCUT2D eigenvalue weighted by Crippen LogP contribution is 2.24. The van der Waals surface area contributed by atoms with Crippen molar-refractivity contribution >= 4 is 34.3 Å². The van der Waals surface area contributed by atoms with E-state index in [1.165, 1.54) is 59.9 Å². The Labute approximate surface area is 177 Å². The van der Waals surface area contributed by atoms with Crippen molar-refractivity contribution in [3.05, 3.63) is 74.5 Å². The first-order valence-corrected chi connectivity index (χ1v) is 9.57. The van der Waals surface area contributed by atoms with E-state index >= 15 is 0 Å². The number of hydrogen-bond donors (Lipinski definition) is 1. The number of alkyl halides is 3. The van der Waals surface area contributed by atoms with E-state index in [1.807, 2.05) is 0 Å². The quantitative estimate of drug-likeness (QED) is 0.445. The molecule has 12 heteroatoms. The number of amides is 1. The Bertz CT molecular complexity index is 1150. The third kappa shape index (κ3) is 6.15. The zero-order chi connectivity index (χ0) is 22.6. The van der Waals surface area contributed by atoms with Gasteiger partial charge in [-0.15, -0.1) is 24.5 Å². The minimum absolute atomic E-state index is 0.0396. The van der Waals surface area contributed by atoms with Crippen molar-refractivity contribution in [2.75, 3.05) is 5.32 Å². The second-order valence-corrected chi connectivity index (χ2v) is 7.09. The lowest BCUT2D eigenvalue weighted by Gasteiger charge is -2.08. The van der Waals surface area contributed by atoms with Crippen LogP contribution in [-0.4, -0.2) is 21.8 Å². The van der Waals surface area contributed by atoms with Crippen molar-refractivity contribution in [2.24, 2.45) is 12.0 Å². The number of hydrogen-bond acceptors (Lipinski definition) is 6. The standard InChI is InChI=1S/C19H15F3N4O4S/c1-25-15(10-17(27)23-12-2-6-14(7-3-12)26(28)29)11-31-18(25)24-13-4-8-16(9-5-13)30-19(20,21)22/h2-9,11H,10H2,1H3,(H,23,27). The van der Waals surface area contributed by atoms with E-state index in [0.29, 0.717) is 21.9 Å². The summed E-state index contributed by atoms with van der Waals surface area (Å²) in [5, 5.41) is 15.1. The van der Waals surface area contributed by atoms with Crippen LogP contribution in [0.1, 0.15) is 5.69 Å². The Morgan fingerprint density at radius 2 is 1.84 bits per heavy atom. The van der Waals surface area contributed by atoms with Gasteiger partial charge in [0.05, 0.1) is 17.0 Å². The minimum Gasteiger partial charge on any atom is -0.406 e. The highest BCUT2D eigenvalue weighted by atomic mass is 32.1. The molecule has 1 N–H and O–H groups in total. The average molecular weight is 452 g/mol. The molecule has 0 atom stereocenters. The molecule has 1 heterocycles. The number of nitrogens with zero attached hydrogens (tertiary/aromatic N) is 3. The van der Waals surface area contributed by atoms with Gasteiger partial charge in [0.25, 0.3) is 5.69 Å².